The third-order valence-electron chi connectivity index (χ3n) is 2.83. The van der Waals surface area contributed by atoms with Crippen LogP contribution in [0.15, 0.2) is 24.3 Å². The van der Waals surface area contributed by atoms with E-state index in [1.807, 2.05) is 0 Å². The number of rotatable bonds is 4. The lowest BCUT2D eigenvalue weighted by atomic mass is 9.93. The Labute approximate surface area is 129 Å². The molecule has 1 aromatic rings. The summed E-state index contributed by atoms with van der Waals surface area (Å²) in [6, 6.07) is 5.82. The molecule has 0 saturated carbocycles. The van der Waals surface area contributed by atoms with Crippen LogP contribution in [0.1, 0.15) is 39.2 Å². The van der Waals surface area contributed by atoms with E-state index in [1.165, 1.54) is 0 Å². The Kier molecular flexibility index (Phi) is 5.61. The second kappa shape index (κ2) is 6.80. The Morgan fingerprint density at radius 3 is 2.33 bits per heavy atom. The van der Waals surface area contributed by atoms with Gasteiger partial charge in [-0.15, -0.1) is 0 Å². The fourth-order valence-corrected chi connectivity index (χ4v) is 2.17. The lowest BCUT2D eigenvalue weighted by molar-refractivity contribution is -0.140. The lowest BCUT2D eigenvalue weighted by Gasteiger charge is -2.25. The van der Waals surface area contributed by atoms with Crippen LogP contribution in [0.25, 0.3) is 0 Å². The predicted molar refractivity (Wildman–Crippen MR) is 80.7 cm³/mol. The minimum Gasteiger partial charge on any atom is -0.480 e. The number of halogens is 1. The molecule has 0 unspecified atom stereocenters. The highest BCUT2D eigenvalue weighted by atomic mass is 35.5. The minimum atomic E-state index is -1.15. The molecule has 116 valence electrons. The minimum absolute atomic E-state index is 0.460. The molecule has 1 aromatic carbocycles. The van der Waals surface area contributed by atoms with Gasteiger partial charge in [0.25, 0.3) is 0 Å². The van der Waals surface area contributed by atoms with Gasteiger partial charge in [0, 0.05) is 10.9 Å². The summed E-state index contributed by atoms with van der Waals surface area (Å²) in [5.74, 6) is -1.64. The first-order valence-electron chi connectivity index (χ1n) is 6.58. The third-order valence-corrected chi connectivity index (χ3v) is 3.18. The van der Waals surface area contributed by atoms with Gasteiger partial charge in [-0.3, -0.25) is 0 Å². The summed E-state index contributed by atoms with van der Waals surface area (Å²) in [7, 11) is 0. The summed E-state index contributed by atoms with van der Waals surface area (Å²) < 4.78 is 5.09. The summed E-state index contributed by atoms with van der Waals surface area (Å²) >= 11 is 6.07. The standard InChI is InChI=1S/C15H20ClNO4/c1-9(10-7-5-6-8-11(10)16)12(13(18)19)17-14(20)21-15(2,3)4/h5-9,12H,1-4H3,(H,17,20)(H,18,19)/t9-,12-/m0/s1. The van der Waals surface area contributed by atoms with Crippen LogP contribution in [-0.4, -0.2) is 28.8 Å². The Balaban J connectivity index is 2.90. The van der Waals surface area contributed by atoms with Crippen molar-refractivity contribution >= 4 is 23.7 Å². The zero-order chi connectivity index (χ0) is 16.2. The molecule has 0 bridgehead atoms. The Hall–Kier alpha value is -1.75. The first-order valence-corrected chi connectivity index (χ1v) is 6.96. The summed E-state index contributed by atoms with van der Waals surface area (Å²) in [4.78, 5) is 23.2. The number of alkyl carbamates (subject to hydrolysis) is 1. The van der Waals surface area contributed by atoms with E-state index in [0.29, 0.717) is 10.6 Å². The Bertz CT molecular complexity index is 525. The number of carboxylic acid groups (broad SMARTS) is 1. The number of amides is 1. The van der Waals surface area contributed by atoms with Crippen molar-refractivity contribution in [3.63, 3.8) is 0 Å². The van der Waals surface area contributed by atoms with E-state index >= 15 is 0 Å². The maximum Gasteiger partial charge on any atom is 0.408 e. The summed E-state index contributed by atoms with van der Waals surface area (Å²) in [5, 5.41) is 12.2. The summed E-state index contributed by atoms with van der Waals surface area (Å²) in [6.07, 6.45) is -0.770. The molecule has 1 rings (SSSR count). The van der Waals surface area contributed by atoms with Crippen molar-refractivity contribution in [1.29, 1.82) is 0 Å². The topological polar surface area (TPSA) is 75.6 Å². The van der Waals surface area contributed by atoms with Crippen molar-refractivity contribution in [3.05, 3.63) is 34.9 Å². The van der Waals surface area contributed by atoms with Crippen molar-refractivity contribution in [2.75, 3.05) is 0 Å². The van der Waals surface area contributed by atoms with Crippen molar-refractivity contribution < 1.29 is 19.4 Å². The van der Waals surface area contributed by atoms with E-state index in [0.717, 1.165) is 0 Å². The van der Waals surface area contributed by atoms with Crippen molar-refractivity contribution in [2.24, 2.45) is 0 Å². The molecule has 6 heteroatoms. The molecule has 0 aromatic heterocycles. The number of hydrogen-bond donors (Lipinski definition) is 2. The number of ether oxygens (including phenoxy) is 1. The van der Waals surface area contributed by atoms with E-state index in [1.54, 1.807) is 52.0 Å². The van der Waals surface area contributed by atoms with Gasteiger partial charge in [0.2, 0.25) is 0 Å². The zero-order valence-corrected chi connectivity index (χ0v) is 13.3. The second-order valence-corrected chi connectivity index (χ2v) is 6.18. The molecule has 0 radical (unpaired) electrons. The molecule has 5 nitrogen and oxygen atoms in total. The summed E-state index contributed by atoms with van der Waals surface area (Å²) in [5.41, 5.74) is -0.0385. The van der Waals surface area contributed by atoms with Crippen molar-refractivity contribution in [3.8, 4) is 0 Å². The van der Waals surface area contributed by atoms with Crippen LogP contribution in [0.4, 0.5) is 4.79 Å². The van der Waals surface area contributed by atoms with Gasteiger partial charge in [0.15, 0.2) is 0 Å². The Morgan fingerprint density at radius 1 is 1.29 bits per heavy atom. The quantitative estimate of drug-likeness (QED) is 0.893. The number of hydrogen-bond acceptors (Lipinski definition) is 3. The first kappa shape index (κ1) is 17.3. The predicted octanol–water partition coefficient (Wildman–Crippen LogP) is 3.42. The molecule has 2 N–H and O–H groups in total. The first-order chi connectivity index (χ1) is 9.61. The normalized spacial score (nSPS) is 14.1. The van der Waals surface area contributed by atoms with Crippen LogP contribution < -0.4 is 5.32 Å². The second-order valence-electron chi connectivity index (χ2n) is 5.77. The van der Waals surface area contributed by atoms with E-state index in [9.17, 15) is 14.7 Å². The molecule has 0 aliphatic heterocycles. The fraction of sp³-hybridized carbons (Fsp3) is 0.467. The monoisotopic (exact) mass is 313 g/mol. The maximum absolute atomic E-state index is 11.8. The molecule has 0 heterocycles. The fourth-order valence-electron chi connectivity index (χ4n) is 1.86. The highest BCUT2D eigenvalue weighted by Crippen LogP contribution is 2.27. The lowest BCUT2D eigenvalue weighted by Crippen LogP contribution is -2.46. The highest BCUT2D eigenvalue weighted by Gasteiger charge is 2.30. The highest BCUT2D eigenvalue weighted by molar-refractivity contribution is 6.31. The van der Waals surface area contributed by atoms with Gasteiger partial charge in [-0.2, -0.15) is 0 Å². The molecule has 2 atom stereocenters. The van der Waals surface area contributed by atoms with Crippen LogP contribution in [-0.2, 0) is 9.53 Å². The zero-order valence-electron chi connectivity index (χ0n) is 12.5. The molecule has 0 aliphatic carbocycles. The Morgan fingerprint density at radius 2 is 1.86 bits per heavy atom. The van der Waals surface area contributed by atoms with Gasteiger partial charge in [-0.1, -0.05) is 36.7 Å². The van der Waals surface area contributed by atoms with Gasteiger partial charge in [-0.25, -0.2) is 9.59 Å². The number of aliphatic carboxylic acids is 1. The number of carboxylic acids is 1. The van der Waals surface area contributed by atoms with E-state index in [-0.39, 0.29) is 0 Å². The summed E-state index contributed by atoms with van der Waals surface area (Å²) in [6.45, 7) is 6.82. The van der Waals surface area contributed by atoms with Gasteiger partial charge >= 0.3 is 12.1 Å². The van der Waals surface area contributed by atoms with Crippen molar-refractivity contribution in [1.82, 2.24) is 5.32 Å². The van der Waals surface area contributed by atoms with Gasteiger partial charge < -0.3 is 15.2 Å². The van der Waals surface area contributed by atoms with Crippen LogP contribution in [0.3, 0.4) is 0 Å². The van der Waals surface area contributed by atoms with E-state index < -0.39 is 29.6 Å². The largest absolute Gasteiger partial charge is 0.480 e. The third kappa shape index (κ3) is 5.27. The van der Waals surface area contributed by atoms with Crippen LogP contribution in [0, 0.1) is 0 Å². The number of carbonyl (C=O) groups excluding carboxylic acids is 1. The number of nitrogens with one attached hydrogen (secondary N) is 1. The number of carbonyl (C=O) groups is 2. The van der Waals surface area contributed by atoms with Gasteiger partial charge in [-0.05, 0) is 32.4 Å². The molecule has 1 amide bonds. The molecular weight excluding hydrogens is 294 g/mol. The van der Waals surface area contributed by atoms with Gasteiger partial charge in [0.05, 0.1) is 0 Å². The molecule has 0 saturated heterocycles. The molecular formula is C15H20ClNO4. The van der Waals surface area contributed by atoms with Gasteiger partial charge in [0.1, 0.15) is 11.6 Å². The maximum atomic E-state index is 11.8. The van der Waals surface area contributed by atoms with Crippen LogP contribution >= 0.6 is 11.6 Å². The van der Waals surface area contributed by atoms with E-state index in [2.05, 4.69) is 5.32 Å². The smallest absolute Gasteiger partial charge is 0.408 e. The van der Waals surface area contributed by atoms with Crippen LogP contribution in [0.5, 0.6) is 0 Å². The van der Waals surface area contributed by atoms with Crippen LogP contribution in [0.2, 0.25) is 5.02 Å². The molecule has 0 aliphatic rings. The molecule has 0 spiro atoms. The van der Waals surface area contributed by atoms with E-state index in [4.69, 9.17) is 16.3 Å². The molecule has 21 heavy (non-hydrogen) atoms. The SMILES string of the molecule is C[C@@H](c1ccccc1Cl)[C@H](NC(=O)OC(C)(C)C)C(=O)O. The molecule has 0 fully saturated rings. The van der Waals surface area contributed by atoms with Crippen molar-refractivity contribution in [2.45, 2.75) is 45.3 Å². The average molecular weight is 314 g/mol. The average Bonchev–Trinajstić information content (AvgIpc) is 2.33. The number of benzene rings is 1.